The highest BCUT2D eigenvalue weighted by Gasteiger charge is 2.09. The number of anilines is 1. The van der Waals surface area contributed by atoms with E-state index in [-0.39, 0.29) is 23.4 Å². The maximum absolute atomic E-state index is 13.5. The van der Waals surface area contributed by atoms with Gasteiger partial charge in [0, 0.05) is 22.9 Å². The van der Waals surface area contributed by atoms with Crippen LogP contribution in [0, 0.1) is 18.6 Å². The Morgan fingerprint density at radius 2 is 2.05 bits per heavy atom. The van der Waals surface area contributed by atoms with Crippen molar-refractivity contribution in [1.29, 1.82) is 0 Å². The van der Waals surface area contributed by atoms with Gasteiger partial charge in [0.2, 0.25) is 0 Å². The molecule has 3 nitrogen and oxygen atoms in total. The molecule has 0 aliphatic rings. The van der Waals surface area contributed by atoms with Crippen molar-refractivity contribution >= 4 is 23.0 Å². The van der Waals surface area contributed by atoms with E-state index in [9.17, 15) is 13.6 Å². The first-order valence-electron chi connectivity index (χ1n) is 5.47. The Labute approximate surface area is 112 Å². The molecule has 0 fully saturated rings. The van der Waals surface area contributed by atoms with Crippen molar-refractivity contribution in [3.05, 3.63) is 51.2 Å². The summed E-state index contributed by atoms with van der Waals surface area (Å²) in [6, 6.07) is 3.72. The average Bonchev–Trinajstić information content (AvgIpc) is 2.81. The maximum Gasteiger partial charge on any atom is 0.336 e. The van der Waals surface area contributed by atoms with E-state index in [0.29, 0.717) is 0 Å². The number of benzene rings is 1. The van der Waals surface area contributed by atoms with Crippen molar-refractivity contribution in [2.45, 2.75) is 13.5 Å². The number of aromatic carboxylic acids is 1. The fraction of sp³-hybridized carbons (Fsp3) is 0.154. The lowest BCUT2D eigenvalue weighted by Gasteiger charge is -2.07. The number of rotatable bonds is 4. The topological polar surface area (TPSA) is 49.3 Å². The maximum atomic E-state index is 13.5. The summed E-state index contributed by atoms with van der Waals surface area (Å²) in [5.74, 6) is -2.02. The van der Waals surface area contributed by atoms with E-state index >= 15 is 0 Å². The van der Waals surface area contributed by atoms with Crippen LogP contribution in [0.15, 0.2) is 23.6 Å². The summed E-state index contributed by atoms with van der Waals surface area (Å²) in [5, 5.41) is 13.0. The molecule has 100 valence electrons. The van der Waals surface area contributed by atoms with Crippen LogP contribution in [0.2, 0.25) is 0 Å². The molecule has 0 unspecified atom stereocenters. The number of carboxylic acid groups (broad SMARTS) is 1. The quantitative estimate of drug-likeness (QED) is 0.900. The molecule has 0 saturated heterocycles. The van der Waals surface area contributed by atoms with Crippen LogP contribution in [0.25, 0.3) is 0 Å². The summed E-state index contributed by atoms with van der Waals surface area (Å²) in [5.41, 5.74) is 0.498. The second-order valence-corrected chi connectivity index (χ2v) is 5.04. The highest BCUT2D eigenvalue weighted by atomic mass is 32.1. The van der Waals surface area contributed by atoms with E-state index in [0.717, 1.165) is 17.0 Å². The smallest absolute Gasteiger partial charge is 0.336 e. The molecule has 2 rings (SSSR count). The molecule has 0 aliphatic heterocycles. The van der Waals surface area contributed by atoms with Gasteiger partial charge < -0.3 is 10.4 Å². The molecule has 0 spiro atoms. The molecule has 0 atom stereocenters. The van der Waals surface area contributed by atoms with Gasteiger partial charge in [-0.05, 0) is 24.6 Å². The molecule has 0 bridgehead atoms. The summed E-state index contributed by atoms with van der Waals surface area (Å²) in [4.78, 5) is 11.4. The first kappa shape index (κ1) is 13.5. The van der Waals surface area contributed by atoms with Crippen molar-refractivity contribution in [3.8, 4) is 0 Å². The van der Waals surface area contributed by atoms with E-state index in [1.807, 2.05) is 0 Å². The van der Waals surface area contributed by atoms with Gasteiger partial charge >= 0.3 is 5.97 Å². The van der Waals surface area contributed by atoms with Crippen molar-refractivity contribution in [1.82, 2.24) is 0 Å². The van der Waals surface area contributed by atoms with Crippen LogP contribution < -0.4 is 5.32 Å². The van der Waals surface area contributed by atoms with E-state index in [1.54, 1.807) is 0 Å². The largest absolute Gasteiger partial charge is 0.478 e. The summed E-state index contributed by atoms with van der Waals surface area (Å²) in [7, 11) is 0. The Morgan fingerprint density at radius 3 is 2.68 bits per heavy atom. The fourth-order valence-electron chi connectivity index (χ4n) is 1.55. The number of halogens is 2. The summed E-state index contributed by atoms with van der Waals surface area (Å²) in [6.07, 6.45) is 0. The number of nitrogens with one attached hydrogen (secondary N) is 1. The molecule has 1 aromatic carbocycles. The molecule has 1 heterocycles. The Hall–Kier alpha value is -1.95. The van der Waals surface area contributed by atoms with Gasteiger partial charge in [0.1, 0.15) is 11.6 Å². The third kappa shape index (κ3) is 3.08. The predicted octanol–water partition coefficient (Wildman–Crippen LogP) is 3.65. The van der Waals surface area contributed by atoms with Gasteiger partial charge in [0.15, 0.2) is 0 Å². The summed E-state index contributed by atoms with van der Waals surface area (Å²) >= 11 is 1.25. The molecule has 0 aliphatic carbocycles. The number of hydrogen-bond donors (Lipinski definition) is 2. The van der Waals surface area contributed by atoms with Crippen LogP contribution >= 0.6 is 11.3 Å². The third-order valence-corrected chi connectivity index (χ3v) is 3.54. The third-order valence-electron chi connectivity index (χ3n) is 2.60. The minimum absolute atomic E-state index is 0.0633. The first-order chi connectivity index (χ1) is 8.97. The molecule has 1 aromatic heterocycles. The zero-order valence-electron chi connectivity index (χ0n) is 10.0. The van der Waals surface area contributed by atoms with Crippen molar-refractivity contribution in [2.24, 2.45) is 0 Å². The molecule has 6 heteroatoms. The second-order valence-electron chi connectivity index (χ2n) is 4.04. The number of carboxylic acids is 1. The summed E-state index contributed by atoms with van der Waals surface area (Å²) < 4.78 is 26.9. The molecule has 0 saturated carbocycles. The number of thiophene rings is 1. The zero-order valence-corrected chi connectivity index (χ0v) is 10.9. The van der Waals surface area contributed by atoms with Crippen LogP contribution in [-0.2, 0) is 6.54 Å². The molecular formula is C13H11F2NO2S. The van der Waals surface area contributed by atoms with Gasteiger partial charge in [-0.2, -0.15) is 0 Å². The van der Waals surface area contributed by atoms with E-state index < -0.39 is 17.6 Å². The Bertz CT molecular complexity index is 625. The van der Waals surface area contributed by atoms with E-state index in [2.05, 4.69) is 5.32 Å². The highest BCUT2D eigenvalue weighted by Crippen LogP contribution is 2.21. The van der Waals surface area contributed by atoms with E-state index in [4.69, 9.17) is 5.11 Å². The van der Waals surface area contributed by atoms with Gasteiger partial charge in [0.05, 0.1) is 11.3 Å². The van der Waals surface area contributed by atoms with Crippen LogP contribution in [0.3, 0.4) is 0 Å². The highest BCUT2D eigenvalue weighted by molar-refractivity contribution is 7.10. The van der Waals surface area contributed by atoms with Gasteiger partial charge in [-0.25, -0.2) is 13.6 Å². The first-order valence-corrected chi connectivity index (χ1v) is 6.35. The van der Waals surface area contributed by atoms with Crippen LogP contribution in [0.4, 0.5) is 14.5 Å². The normalized spacial score (nSPS) is 10.5. The molecule has 2 aromatic rings. The van der Waals surface area contributed by atoms with Crippen molar-refractivity contribution in [3.63, 3.8) is 0 Å². The number of carbonyl (C=O) groups is 1. The zero-order chi connectivity index (χ0) is 14.0. The van der Waals surface area contributed by atoms with Crippen LogP contribution in [0.5, 0.6) is 0 Å². The second kappa shape index (κ2) is 5.36. The molecule has 0 amide bonds. The lowest BCUT2D eigenvalue weighted by atomic mass is 10.2. The standard InChI is InChI=1S/C13H11F2NO2S/c1-7-2-11(15)12(4-10(7)14)16-5-9-3-8(6-19-9)13(17)18/h2-4,6,16H,5H2,1H3,(H,17,18). The van der Waals surface area contributed by atoms with Crippen molar-refractivity contribution in [2.75, 3.05) is 5.32 Å². The Morgan fingerprint density at radius 1 is 1.32 bits per heavy atom. The fourth-order valence-corrected chi connectivity index (χ4v) is 2.35. The van der Waals surface area contributed by atoms with Crippen LogP contribution in [0.1, 0.15) is 20.8 Å². The summed E-state index contributed by atoms with van der Waals surface area (Å²) in [6.45, 7) is 1.73. The minimum atomic E-state index is -1.00. The van der Waals surface area contributed by atoms with Gasteiger partial charge in [-0.3, -0.25) is 0 Å². The van der Waals surface area contributed by atoms with E-state index in [1.165, 1.54) is 29.7 Å². The van der Waals surface area contributed by atoms with Gasteiger partial charge in [-0.15, -0.1) is 11.3 Å². The molecule has 0 radical (unpaired) electrons. The number of hydrogen-bond acceptors (Lipinski definition) is 3. The lowest BCUT2D eigenvalue weighted by Crippen LogP contribution is -2.01. The minimum Gasteiger partial charge on any atom is -0.478 e. The molecule has 2 N–H and O–H groups in total. The molecule has 19 heavy (non-hydrogen) atoms. The number of aryl methyl sites for hydroxylation is 1. The average molecular weight is 283 g/mol. The van der Waals surface area contributed by atoms with Crippen LogP contribution in [-0.4, -0.2) is 11.1 Å². The monoisotopic (exact) mass is 283 g/mol. The molecular weight excluding hydrogens is 272 g/mol. The van der Waals surface area contributed by atoms with Crippen molar-refractivity contribution < 1.29 is 18.7 Å². The van der Waals surface area contributed by atoms with Gasteiger partial charge in [0.25, 0.3) is 0 Å². The predicted molar refractivity (Wildman–Crippen MR) is 69.7 cm³/mol. The Balaban J connectivity index is 2.09. The SMILES string of the molecule is Cc1cc(F)c(NCc2cc(C(=O)O)cs2)cc1F. The van der Waals surface area contributed by atoms with Gasteiger partial charge in [-0.1, -0.05) is 0 Å². The Kier molecular flexibility index (Phi) is 3.80. The lowest BCUT2D eigenvalue weighted by molar-refractivity contribution is 0.0697.